The molecule has 1 aliphatic heterocycles. The van der Waals surface area contributed by atoms with Gasteiger partial charge in [0.2, 0.25) is 0 Å². The Morgan fingerprint density at radius 2 is 2.08 bits per heavy atom. The summed E-state index contributed by atoms with van der Waals surface area (Å²) in [4.78, 5) is 6.62. The SMILES string of the molecule is CCC(C)Oc1ccc(N)c(C(=N)c2ccnc(N3CCOCC3)c2)c1. The van der Waals surface area contributed by atoms with Gasteiger partial charge in [-0.25, -0.2) is 4.98 Å². The highest BCUT2D eigenvalue weighted by molar-refractivity contribution is 6.14. The molecule has 0 radical (unpaired) electrons. The van der Waals surface area contributed by atoms with Gasteiger partial charge in [0, 0.05) is 36.1 Å². The van der Waals surface area contributed by atoms with E-state index >= 15 is 0 Å². The molecule has 26 heavy (non-hydrogen) atoms. The third-order valence-electron chi connectivity index (χ3n) is 4.58. The van der Waals surface area contributed by atoms with Crippen molar-refractivity contribution < 1.29 is 9.47 Å². The molecule has 3 rings (SSSR count). The Labute approximate surface area is 154 Å². The normalized spacial score (nSPS) is 15.5. The molecule has 1 saturated heterocycles. The number of nitrogens with zero attached hydrogens (tertiary/aromatic N) is 2. The molecule has 0 bridgehead atoms. The second kappa shape index (κ2) is 8.19. The summed E-state index contributed by atoms with van der Waals surface area (Å²) >= 11 is 0. The van der Waals surface area contributed by atoms with Crippen molar-refractivity contribution in [1.29, 1.82) is 5.41 Å². The Morgan fingerprint density at radius 1 is 1.31 bits per heavy atom. The van der Waals surface area contributed by atoms with Gasteiger partial charge in [-0.05, 0) is 43.7 Å². The predicted molar refractivity (Wildman–Crippen MR) is 104 cm³/mol. The number of nitrogens with one attached hydrogen (secondary N) is 1. The number of nitrogens with two attached hydrogens (primary N) is 1. The van der Waals surface area contributed by atoms with E-state index < -0.39 is 0 Å². The summed E-state index contributed by atoms with van der Waals surface area (Å²) in [6.07, 6.45) is 2.78. The predicted octanol–water partition coefficient (Wildman–Crippen LogP) is 3.09. The molecule has 138 valence electrons. The molecule has 1 aromatic heterocycles. The number of hydrogen-bond donors (Lipinski definition) is 2. The Balaban J connectivity index is 1.85. The Hall–Kier alpha value is -2.60. The summed E-state index contributed by atoms with van der Waals surface area (Å²) in [5, 5.41) is 8.64. The van der Waals surface area contributed by atoms with Gasteiger partial charge >= 0.3 is 0 Å². The van der Waals surface area contributed by atoms with Crippen LogP contribution in [0.4, 0.5) is 11.5 Å². The van der Waals surface area contributed by atoms with Crippen LogP contribution in [0, 0.1) is 5.41 Å². The minimum Gasteiger partial charge on any atom is -0.491 e. The van der Waals surface area contributed by atoms with Crippen molar-refractivity contribution in [2.24, 2.45) is 0 Å². The summed E-state index contributed by atoms with van der Waals surface area (Å²) in [5.74, 6) is 1.59. The van der Waals surface area contributed by atoms with Crippen LogP contribution in [0.1, 0.15) is 31.4 Å². The zero-order valence-electron chi connectivity index (χ0n) is 15.4. The third-order valence-corrected chi connectivity index (χ3v) is 4.58. The molecular weight excluding hydrogens is 328 g/mol. The molecule has 0 saturated carbocycles. The number of rotatable bonds is 6. The van der Waals surface area contributed by atoms with Gasteiger partial charge in [-0.15, -0.1) is 0 Å². The van der Waals surface area contributed by atoms with E-state index in [1.54, 1.807) is 12.3 Å². The van der Waals surface area contributed by atoms with Gasteiger partial charge in [-0.3, -0.25) is 5.41 Å². The van der Waals surface area contributed by atoms with Gasteiger partial charge in [-0.1, -0.05) is 6.92 Å². The zero-order valence-corrected chi connectivity index (χ0v) is 15.4. The highest BCUT2D eigenvalue weighted by Crippen LogP contribution is 2.25. The van der Waals surface area contributed by atoms with E-state index in [1.165, 1.54) is 0 Å². The van der Waals surface area contributed by atoms with Crippen LogP contribution < -0.4 is 15.4 Å². The van der Waals surface area contributed by atoms with Crippen LogP contribution >= 0.6 is 0 Å². The molecule has 1 aromatic carbocycles. The first-order valence-corrected chi connectivity index (χ1v) is 9.02. The second-order valence-electron chi connectivity index (χ2n) is 6.46. The highest BCUT2D eigenvalue weighted by atomic mass is 16.5. The van der Waals surface area contributed by atoms with Crippen molar-refractivity contribution in [2.45, 2.75) is 26.4 Å². The van der Waals surface area contributed by atoms with Crippen LogP contribution in [0.5, 0.6) is 5.75 Å². The van der Waals surface area contributed by atoms with Gasteiger partial charge in [0.05, 0.1) is 25.0 Å². The number of ether oxygens (including phenoxy) is 2. The molecule has 6 nitrogen and oxygen atoms in total. The number of aromatic nitrogens is 1. The number of nitrogen functional groups attached to an aromatic ring is 1. The quantitative estimate of drug-likeness (QED) is 0.615. The number of hydrogen-bond acceptors (Lipinski definition) is 6. The van der Waals surface area contributed by atoms with E-state index in [4.69, 9.17) is 20.6 Å². The van der Waals surface area contributed by atoms with Crippen molar-refractivity contribution in [1.82, 2.24) is 4.98 Å². The largest absolute Gasteiger partial charge is 0.491 e. The molecule has 1 atom stereocenters. The maximum absolute atomic E-state index is 8.64. The van der Waals surface area contributed by atoms with Crippen LogP contribution in [-0.4, -0.2) is 43.1 Å². The lowest BCUT2D eigenvalue weighted by Gasteiger charge is -2.28. The molecule has 3 N–H and O–H groups in total. The van der Waals surface area contributed by atoms with Gasteiger partial charge in [0.15, 0.2) is 0 Å². The summed E-state index contributed by atoms with van der Waals surface area (Å²) in [5.41, 5.74) is 8.53. The van der Waals surface area contributed by atoms with E-state index in [0.29, 0.717) is 30.2 Å². The third kappa shape index (κ3) is 4.14. The lowest BCUT2D eigenvalue weighted by atomic mass is 10.0. The minimum atomic E-state index is 0.120. The highest BCUT2D eigenvalue weighted by Gasteiger charge is 2.16. The fourth-order valence-corrected chi connectivity index (χ4v) is 2.84. The van der Waals surface area contributed by atoms with Crippen LogP contribution in [-0.2, 0) is 4.74 Å². The first-order valence-electron chi connectivity index (χ1n) is 9.02. The average Bonchev–Trinajstić information content (AvgIpc) is 2.69. The monoisotopic (exact) mass is 354 g/mol. The Bertz CT molecular complexity index is 772. The van der Waals surface area contributed by atoms with E-state index in [0.717, 1.165) is 36.6 Å². The van der Waals surface area contributed by atoms with Crippen LogP contribution in [0.3, 0.4) is 0 Å². The summed E-state index contributed by atoms with van der Waals surface area (Å²) in [6, 6.07) is 9.28. The second-order valence-corrected chi connectivity index (χ2v) is 6.46. The molecule has 2 heterocycles. The van der Waals surface area contributed by atoms with Gasteiger partial charge < -0.3 is 20.1 Å². The molecule has 2 aromatic rings. The maximum atomic E-state index is 8.64. The van der Waals surface area contributed by atoms with E-state index in [1.807, 2.05) is 31.2 Å². The summed E-state index contributed by atoms with van der Waals surface area (Å²) < 4.78 is 11.3. The van der Waals surface area contributed by atoms with Gasteiger partial charge in [-0.2, -0.15) is 0 Å². The zero-order chi connectivity index (χ0) is 18.5. The van der Waals surface area contributed by atoms with E-state index in [2.05, 4.69) is 16.8 Å². The lowest BCUT2D eigenvalue weighted by Crippen LogP contribution is -2.36. The fraction of sp³-hybridized carbons (Fsp3) is 0.400. The van der Waals surface area contributed by atoms with Crippen molar-refractivity contribution >= 4 is 17.2 Å². The molecular formula is C20H26N4O2. The number of anilines is 2. The number of morpholine rings is 1. The maximum Gasteiger partial charge on any atom is 0.129 e. The van der Waals surface area contributed by atoms with Crippen LogP contribution in [0.15, 0.2) is 36.5 Å². The molecule has 6 heteroatoms. The van der Waals surface area contributed by atoms with Crippen molar-refractivity contribution in [3.8, 4) is 5.75 Å². The van der Waals surface area contributed by atoms with Gasteiger partial charge in [0.25, 0.3) is 0 Å². The molecule has 0 amide bonds. The van der Waals surface area contributed by atoms with E-state index in [9.17, 15) is 0 Å². The lowest BCUT2D eigenvalue weighted by molar-refractivity contribution is 0.122. The van der Waals surface area contributed by atoms with Gasteiger partial charge in [0.1, 0.15) is 11.6 Å². The van der Waals surface area contributed by atoms with Crippen molar-refractivity contribution in [3.63, 3.8) is 0 Å². The van der Waals surface area contributed by atoms with Crippen LogP contribution in [0.25, 0.3) is 0 Å². The van der Waals surface area contributed by atoms with Crippen LogP contribution in [0.2, 0.25) is 0 Å². The topological polar surface area (TPSA) is 84.5 Å². The van der Waals surface area contributed by atoms with Crippen molar-refractivity contribution in [2.75, 3.05) is 36.9 Å². The van der Waals surface area contributed by atoms with E-state index in [-0.39, 0.29) is 6.10 Å². The first-order chi connectivity index (χ1) is 12.6. The summed E-state index contributed by atoms with van der Waals surface area (Å²) in [7, 11) is 0. The molecule has 0 spiro atoms. The molecule has 1 aliphatic rings. The summed E-state index contributed by atoms with van der Waals surface area (Å²) in [6.45, 7) is 7.12. The smallest absolute Gasteiger partial charge is 0.129 e. The Kier molecular flexibility index (Phi) is 5.73. The average molecular weight is 354 g/mol. The number of benzene rings is 1. The number of pyridine rings is 1. The standard InChI is InChI=1S/C20H26N4O2/c1-3-14(2)26-16-4-5-18(21)17(13-16)20(22)15-6-7-23-19(12-15)24-8-10-25-11-9-24/h4-7,12-14,22H,3,8-11,21H2,1-2H3. The fourth-order valence-electron chi connectivity index (χ4n) is 2.84. The Morgan fingerprint density at radius 3 is 2.81 bits per heavy atom. The minimum absolute atomic E-state index is 0.120. The van der Waals surface area contributed by atoms with Crippen molar-refractivity contribution in [3.05, 3.63) is 47.7 Å². The molecule has 1 unspecified atom stereocenters. The first kappa shape index (κ1) is 18.2. The molecule has 0 aliphatic carbocycles. The molecule has 1 fully saturated rings.